The number of sulfone groups is 1. The minimum absolute atomic E-state index is 0.0186. The Kier molecular flexibility index (Phi) is 9.36. The van der Waals surface area contributed by atoms with Crippen molar-refractivity contribution >= 4 is 37.0 Å². The summed E-state index contributed by atoms with van der Waals surface area (Å²) in [7, 11) is -8.08. The smallest absolute Gasteiger partial charge is 0.394 e. The minimum atomic E-state index is -4.89. The Balaban J connectivity index is 2.82. The summed E-state index contributed by atoms with van der Waals surface area (Å²) in [5.41, 5.74) is -1.24. The van der Waals surface area contributed by atoms with E-state index in [1.54, 1.807) is 0 Å². The lowest BCUT2D eigenvalue weighted by Crippen LogP contribution is -2.57. The molecule has 1 aliphatic heterocycles. The van der Waals surface area contributed by atoms with E-state index in [1.165, 1.54) is 0 Å². The maximum absolute atomic E-state index is 11.1. The van der Waals surface area contributed by atoms with Crippen molar-refractivity contribution < 1.29 is 50.8 Å². The third-order valence-electron chi connectivity index (χ3n) is 3.49. The summed E-state index contributed by atoms with van der Waals surface area (Å²) in [6.07, 6.45) is -4.40. The average molecular weight is 454 g/mol. The number of unbranched alkanes of at least 4 members (excludes halogenated alkanes) is 1. The summed E-state index contributed by atoms with van der Waals surface area (Å²) < 4.78 is 61.5. The second-order valence-corrected chi connectivity index (χ2v) is 10.3. The van der Waals surface area contributed by atoms with E-state index in [0.717, 1.165) is 6.26 Å². The molecular weight excluding hydrogens is 430 g/mol. The van der Waals surface area contributed by atoms with Crippen LogP contribution in [0.2, 0.25) is 0 Å². The Labute approximate surface area is 161 Å². The van der Waals surface area contributed by atoms with E-state index in [1.807, 2.05) is 0 Å². The van der Waals surface area contributed by atoms with Gasteiger partial charge in [-0.25, -0.2) is 12.7 Å². The molecule has 1 fully saturated rings. The molecule has 160 valence electrons. The van der Waals surface area contributed by atoms with Crippen LogP contribution in [0.1, 0.15) is 19.3 Å². The third kappa shape index (κ3) is 9.01. The van der Waals surface area contributed by atoms with Gasteiger partial charge in [0.25, 0.3) is 0 Å². The Morgan fingerprint density at radius 3 is 2.26 bits per heavy atom. The predicted octanol–water partition coefficient (Wildman–Crippen LogP) is -2.13. The predicted molar refractivity (Wildman–Crippen MR) is 95.0 cm³/mol. The van der Waals surface area contributed by atoms with E-state index in [-0.39, 0.29) is 30.1 Å². The van der Waals surface area contributed by atoms with E-state index in [0.29, 0.717) is 11.8 Å². The van der Waals surface area contributed by atoms with Crippen LogP contribution < -0.4 is 0 Å². The van der Waals surface area contributed by atoms with E-state index in [2.05, 4.69) is 9.44 Å². The van der Waals surface area contributed by atoms with Crippen LogP contribution in [-0.2, 0) is 29.3 Å². The maximum Gasteiger partial charge on any atom is 0.466 e. The Bertz CT molecular complexity index is 706. The summed E-state index contributed by atoms with van der Waals surface area (Å²) in [6, 6.07) is 0. The number of rotatable bonds is 9. The third-order valence-corrected chi connectivity index (χ3v) is 5.96. The molecule has 5 atom stereocenters. The van der Waals surface area contributed by atoms with Crippen LogP contribution in [0, 0.1) is 0 Å². The summed E-state index contributed by atoms with van der Waals surface area (Å²) in [5.74, 6) is -0.107. The number of oxime groups is 1. The maximum atomic E-state index is 11.1. The van der Waals surface area contributed by atoms with Crippen molar-refractivity contribution in [3.63, 3.8) is 0 Å². The van der Waals surface area contributed by atoms with Gasteiger partial charge in [-0.3, -0.25) is 4.55 Å². The molecule has 1 saturated heterocycles. The number of ether oxygens (including phenoxy) is 1. The lowest BCUT2D eigenvalue weighted by atomic mass is 10.0. The average Bonchev–Trinajstić information content (AvgIpc) is 2.54. The topological polar surface area (TPSA) is 200 Å². The Hall–Kier alpha value is -0.520. The van der Waals surface area contributed by atoms with Gasteiger partial charge in [-0.15, -0.1) is 0 Å². The molecular formula is C12H23NO11S3. The second-order valence-electron chi connectivity index (χ2n) is 5.89. The van der Waals surface area contributed by atoms with E-state index < -0.39 is 56.7 Å². The van der Waals surface area contributed by atoms with Crippen LogP contribution in [0.25, 0.3) is 0 Å². The van der Waals surface area contributed by atoms with E-state index in [9.17, 15) is 32.2 Å². The van der Waals surface area contributed by atoms with Crippen molar-refractivity contribution in [2.45, 2.75) is 49.1 Å². The molecule has 1 rings (SSSR count). The molecule has 0 bridgehead atoms. The van der Waals surface area contributed by atoms with Gasteiger partial charge in [0.15, 0.2) is 0 Å². The number of aliphatic hydroxyl groups is 4. The quantitative estimate of drug-likeness (QED) is 0.0835. The van der Waals surface area contributed by atoms with Crippen LogP contribution in [0.4, 0.5) is 0 Å². The Morgan fingerprint density at radius 2 is 1.74 bits per heavy atom. The fraction of sp³-hybridized carbons (Fsp3) is 0.917. The highest BCUT2D eigenvalue weighted by molar-refractivity contribution is 8.14. The highest BCUT2D eigenvalue weighted by Crippen LogP contribution is 2.30. The lowest BCUT2D eigenvalue weighted by Gasteiger charge is -2.39. The van der Waals surface area contributed by atoms with Gasteiger partial charge >= 0.3 is 10.4 Å². The number of aliphatic hydroxyl groups excluding tert-OH is 4. The lowest BCUT2D eigenvalue weighted by molar-refractivity contribution is -0.205. The molecule has 0 aliphatic carbocycles. The summed E-state index contributed by atoms with van der Waals surface area (Å²) in [5, 5.41) is 41.8. The van der Waals surface area contributed by atoms with Crippen LogP contribution in [0.15, 0.2) is 5.16 Å². The fourth-order valence-corrected chi connectivity index (χ4v) is 4.22. The monoisotopic (exact) mass is 453 g/mol. The van der Waals surface area contributed by atoms with Gasteiger partial charge in [-0.1, -0.05) is 16.9 Å². The molecule has 0 amide bonds. The zero-order chi connectivity index (χ0) is 20.8. The molecule has 0 unspecified atom stereocenters. The molecule has 0 spiro atoms. The van der Waals surface area contributed by atoms with Crippen LogP contribution in [0.3, 0.4) is 0 Å². The highest BCUT2D eigenvalue weighted by atomic mass is 32.3. The molecule has 0 aromatic heterocycles. The van der Waals surface area contributed by atoms with Crippen LogP contribution in [-0.4, -0.2) is 95.3 Å². The zero-order valence-electron chi connectivity index (χ0n) is 14.3. The van der Waals surface area contributed by atoms with Crippen molar-refractivity contribution in [3.8, 4) is 0 Å². The highest BCUT2D eigenvalue weighted by Gasteiger charge is 2.44. The van der Waals surface area contributed by atoms with Crippen LogP contribution in [0.5, 0.6) is 0 Å². The molecule has 27 heavy (non-hydrogen) atoms. The molecule has 0 aromatic carbocycles. The number of nitrogens with zero attached hydrogens (tertiary/aromatic N) is 1. The first-order chi connectivity index (χ1) is 12.3. The van der Waals surface area contributed by atoms with Crippen molar-refractivity contribution in [1.29, 1.82) is 0 Å². The largest absolute Gasteiger partial charge is 0.466 e. The number of thioether (sulfide) groups is 1. The van der Waals surface area contributed by atoms with Crippen molar-refractivity contribution in [3.05, 3.63) is 0 Å². The van der Waals surface area contributed by atoms with Gasteiger partial charge in [-0.05, 0) is 19.3 Å². The molecule has 0 saturated carbocycles. The molecule has 0 aromatic rings. The molecule has 1 heterocycles. The van der Waals surface area contributed by atoms with Gasteiger partial charge in [0.2, 0.25) is 0 Å². The van der Waals surface area contributed by atoms with Gasteiger partial charge in [0.1, 0.15) is 44.7 Å². The van der Waals surface area contributed by atoms with Gasteiger partial charge in [-0.2, -0.15) is 8.42 Å². The van der Waals surface area contributed by atoms with Gasteiger partial charge < -0.3 is 25.2 Å². The first kappa shape index (κ1) is 24.5. The molecule has 12 nitrogen and oxygen atoms in total. The van der Waals surface area contributed by atoms with Crippen molar-refractivity contribution in [2.24, 2.45) is 5.16 Å². The first-order valence-electron chi connectivity index (χ1n) is 7.72. The van der Waals surface area contributed by atoms with Crippen LogP contribution >= 0.6 is 11.8 Å². The second kappa shape index (κ2) is 10.3. The van der Waals surface area contributed by atoms with Crippen molar-refractivity contribution in [2.75, 3.05) is 18.6 Å². The molecule has 1 aliphatic rings. The fourth-order valence-electron chi connectivity index (χ4n) is 2.15. The summed E-state index contributed by atoms with van der Waals surface area (Å²) in [6.45, 7) is -0.648. The van der Waals surface area contributed by atoms with Crippen molar-refractivity contribution in [1.82, 2.24) is 0 Å². The molecule has 15 heteroatoms. The van der Waals surface area contributed by atoms with Gasteiger partial charge in [0.05, 0.1) is 6.61 Å². The Morgan fingerprint density at radius 1 is 1.11 bits per heavy atom. The molecule has 0 radical (unpaired) electrons. The summed E-state index contributed by atoms with van der Waals surface area (Å²) in [4.78, 5) is 0. The van der Waals surface area contributed by atoms with Gasteiger partial charge in [0, 0.05) is 12.0 Å². The normalized spacial score (nSPS) is 30.3. The standard InChI is InChI=1S/C12H23NO11S3/c1-26(18,19)5-3-2-4-8(13-24-27(20,21)22)25-12-11(17)10(16)9(15)7(6-14)23-12/h7,9-12,14-17H,2-6H2,1H3,(H,20,21,22)/b13-8-/t7-,9-,10+,11-,12+/m1/s1. The van der Waals surface area contributed by atoms with E-state index in [4.69, 9.17) is 14.4 Å². The number of hydrogen-bond donors (Lipinski definition) is 5. The summed E-state index contributed by atoms with van der Waals surface area (Å²) >= 11 is 0.643. The number of hydrogen-bond acceptors (Lipinski definition) is 12. The minimum Gasteiger partial charge on any atom is -0.394 e. The SMILES string of the molecule is CS(=O)(=O)CCCC/C(=N/OS(=O)(=O)O)S[C@@H]1O[C@H](CO)[C@@H](O)[C@H](O)[C@H]1O. The zero-order valence-corrected chi connectivity index (χ0v) is 16.7. The first-order valence-corrected chi connectivity index (χ1v) is 12.0. The van der Waals surface area contributed by atoms with E-state index >= 15 is 0 Å². The molecule has 5 N–H and O–H groups in total.